The quantitative estimate of drug-likeness (QED) is 0.851. The van der Waals surface area contributed by atoms with Crippen molar-refractivity contribution in [1.29, 1.82) is 0 Å². The van der Waals surface area contributed by atoms with Gasteiger partial charge in [-0.1, -0.05) is 37.5 Å². The normalized spacial score (nSPS) is 18.6. The average molecular weight is 247 g/mol. The van der Waals surface area contributed by atoms with Crippen LogP contribution in [0.1, 0.15) is 50.6 Å². The minimum Gasteiger partial charge on any atom is -0.494 e. The number of hydrogen-bond acceptors (Lipinski definition) is 2. The molecule has 0 heterocycles. The topological polar surface area (TPSA) is 21.3 Å². The third-order valence-electron chi connectivity index (χ3n) is 3.99. The predicted octanol–water partition coefficient (Wildman–Crippen LogP) is 3.93. The Morgan fingerprint density at radius 1 is 1.22 bits per heavy atom. The molecule has 0 bridgehead atoms. The van der Waals surface area contributed by atoms with E-state index in [0.29, 0.717) is 6.04 Å². The van der Waals surface area contributed by atoms with Gasteiger partial charge in [-0.15, -0.1) is 0 Å². The molecule has 1 aromatic carbocycles. The average Bonchev–Trinajstić information content (AvgIpc) is 2.43. The molecule has 1 aliphatic rings. The van der Waals surface area contributed by atoms with Crippen LogP contribution in [0.3, 0.4) is 0 Å². The Morgan fingerprint density at radius 3 is 2.61 bits per heavy atom. The molecule has 0 aliphatic heterocycles. The number of ether oxygens (including phenoxy) is 1. The summed E-state index contributed by atoms with van der Waals surface area (Å²) < 4.78 is 5.77. The number of hydrogen-bond donors (Lipinski definition) is 1. The lowest BCUT2D eigenvalue weighted by molar-refractivity contribution is 0.269. The van der Waals surface area contributed by atoms with Gasteiger partial charge < -0.3 is 10.1 Å². The summed E-state index contributed by atoms with van der Waals surface area (Å²) in [6.45, 7) is 2.78. The van der Waals surface area contributed by atoms with Crippen molar-refractivity contribution in [2.75, 3.05) is 13.7 Å². The molecule has 0 amide bonds. The zero-order valence-corrected chi connectivity index (χ0v) is 11.6. The highest BCUT2D eigenvalue weighted by Gasteiger charge is 2.25. The van der Waals surface area contributed by atoms with Gasteiger partial charge in [0.25, 0.3) is 0 Å². The smallest absolute Gasteiger partial charge is 0.124 e. The van der Waals surface area contributed by atoms with Crippen LogP contribution in [-0.2, 0) is 0 Å². The number of para-hydroxylation sites is 1. The van der Waals surface area contributed by atoms with Crippen LogP contribution in [0.25, 0.3) is 0 Å². The number of benzene rings is 1. The van der Waals surface area contributed by atoms with E-state index in [-0.39, 0.29) is 0 Å². The lowest BCUT2D eigenvalue weighted by Gasteiger charge is -2.31. The summed E-state index contributed by atoms with van der Waals surface area (Å²) in [5.74, 6) is 1.80. The fourth-order valence-corrected chi connectivity index (χ4v) is 3.14. The van der Waals surface area contributed by atoms with E-state index in [1.165, 1.54) is 37.7 Å². The molecule has 0 radical (unpaired) electrons. The van der Waals surface area contributed by atoms with Gasteiger partial charge in [-0.3, -0.25) is 0 Å². The Morgan fingerprint density at radius 2 is 1.94 bits per heavy atom. The molecule has 18 heavy (non-hydrogen) atoms. The van der Waals surface area contributed by atoms with Crippen molar-refractivity contribution in [3.8, 4) is 5.75 Å². The van der Waals surface area contributed by atoms with E-state index in [1.807, 2.05) is 6.92 Å². The highest BCUT2D eigenvalue weighted by Crippen LogP contribution is 2.37. The van der Waals surface area contributed by atoms with Crippen molar-refractivity contribution in [3.63, 3.8) is 0 Å². The van der Waals surface area contributed by atoms with Gasteiger partial charge in [0.2, 0.25) is 0 Å². The molecule has 1 aromatic rings. The monoisotopic (exact) mass is 247 g/mol. The Bertz CT molecular complexity index is 358. The molecule has 1 aliphatic carbocycles. The van der Waals surface area contributed by atoms with Crippen molar-refractivity contribution in [2.24, 2.45) is 5.92 Å². The van der Waals surface area contributed by atoms with E-state index in [2.05, 4.69) is 36.6 Å². The van der Waals surface area contributed by atoms with Crippen LogP contribution in [0.15, 0.2) is 24.3 Å². The van der Waals surface area contributed by atoms with Crippen LogP contribution in [0.2, 0.25) is 0 Å². The summed E-state index contributed by atoms with van der Waals surface area (Å²) in [5, 5.41) is 3.51. The maximum Gasteiger partial charge on any atom is 0.124 e. The molecule has 2 rings (SSSR count). The fraction of sp³-hybridized carbons (Fsp3) is 0.625. The molecule has 1 atom stereocenters. The highest BCUT2D eigenvalue weighted by molar-refractivity contribution is 5.36. The second-order valence-corrected chi connectivity index (χ2v) is 5.14. The minimum atomic E-state index is 0.438. The zero-order valence-electron chi connectivity index (χ0n) is 11.6. The second kappa shape index (κ2) is 6.79. The van der Waals surface area contributed by atoms with E-state index < -0.39 is 0 Å². The van der Waals surface area contributed by atoms with Crippen molar-refractivity contribution in [1.82, 2.24) is 5.32 Å². The van der Waals surface area contributed by atoms with Gasteiger partial charge in [-0.25, -0.2) is 0 Å². The molecule has 0 saturated heterocycles. The fourth-order valence-electron chi connectivity index (χ4n) is 3.14. The predicted molar refractivity (Wildman–Crippen MR) is 76.0 cm³/mol. The van der Waals surface area contributed by atoms with Crippen LogP contribution in [0, 0.1) is 5.92 Å². The summed E-state index contributed by atoms with van der Waals surface area (Å²) in [7, 11) is 2.07. The molecule has 1 saturated carbocycles. The first-order valence-corrected chi connectivity index (χ1v) is 7.25. The van der Waals surface area contributed by atoms with E-state index >= 15 is 0 Å². The van der Waals surface area contributed by atoms with E-state index in [1.54, 1.807) is 0 Å². The first-order valence-electron chi connectivity index (χ1n) is 7.25. The zero-order chi connectivity index (χ0) is 12.8. The summed E-state index contributed by atoms with van der Waals surface area (Å²) >= 11 is 0. The first kappa shape index (κ1) is 13.4. The molecule has 1 fully saturated rings. The van der Waals surface area contributed by atoms with Crippen LogP contribution >= 0.6 is 0 Å². The van der Waals surface area contributed by atoms with Crippen LogP contribution in [-0.4, -0.2) is 13.7 Å². The van der Waals surface area contributed by atoms with E-state index in [0.717, 1.165) is 18.3 Å². The van der Waals surface area contributed by atoms with Gasteiger partial charge in [0.1, 0.15) is 5.75 Å². The Balaban J connectivity index is 2.20. The minimum absolute atomic E-state index is 0.438. The van der Waals surface area contributed by atoms with E-state index in [9.17, 15) is 0 Å². The molecule has 2 heteroatoms. The molecule has 1 unspecified atom stereocenters. The summed E-state index contributed by atoms with van der Waals surface area (Å²) in [5.41, 5.74) is 1.33. The molecule has 1 N–H and O–H groups in total. The van der Waals surface area contributed by atoms with Gasteiger partial charge in [-0.05, 0) is 38.8 Å². The standard InChI is InChI=1S/C16H25NO/c1-3-18-15-12-8-7-11-14(15)16(17-2)13-9-5-4-6-10-13/h7-8,11-13,16-17H,3-6,9-10H2,1-2H3. The van der Waals surface area contributed by atoms with Gasteiger partial charge in [0.05, 0.1) is 6.61 Å². The van der Waals surface area contributed by atoms with Gasteiger partial charge >= 0.3 is 0 Å². The van der Waals surface area contributed by atoms with Gasteiger partial charge in [0, 0.05) is 11.6 Å². The molecule has 0 spiro atoms. The number of nitrogens with one attached hydrogen (secondary N) is 1. The molecular weight excluding hydrogens is 222 g/mol. The van der Waals surface area contributed by atoms with Crippen LogP contribution in [0.5, 0.6) is 5.75 Å². The van der Waals surface area contributed by atoms with Crippen molar-refractivity contribution in [2.45, 2.75) is 45.1 Å². The number of rotatable bonds is 5. The Hall–Kier alpha value is -1.02. The molecular formula is C16H25NO. The Labute approximate surface area is 111 Å². The summed E-state index contributed by atoms with van der Waals surface area (Å²) in [6.07, 6.45) is 6.83. The van der Waals surface area contributed by atoms with Crippen LogP contribution in [0.4, 0.5) is 0 Å². The van der Waals surface area contributed by atoms with Crippen LogP contribution < -0.4 is 10.1 Å². The van der Waals surface area contributed by atoms with Crippen molar-refractivity contribution in [3.05, 3.63) is 29.8 Å². The first-order chi connectivity index (χ1) is 8.86. The maximum atomic E-state index is 5.77. The molecule has 2 nitrogen and oxygen atoms in total. The summed E-state index contributed by atoms with van der Waals surface area (Å²) in [6, 6.07) is 8.91. The van der Waals surface area contributed by atoms with E-state index in [4.69, 9.17) is 4.74 Å². The maximum absolute atomic E-state index is 5.77. The van der Waals surface area contributed by atoms with Gasteiger partial charge in [0.15, 0.2) is 0 Å². The lowest BCUT2D eigenvalue weighted by Crippen LogP contribution is -2.27. The largest absolute Gasteiger partial charge is 0.494 e. The molecule has 100 valence electrons. The molecule has 0 aromatic heterocycles. The summed E-state index contributed by atoms with van der Waals surface area (Å²) in [4.78, 5) is 0. The third kappa shape index (κ3) is 3.05. The second-order valence-electron chi connectivity index (χ2n) is 5.14. The SMILES string of the molecule is CCOc1ccccc1C(NC)C1CCCCC1. The van der Waals surface area contributed by atoms with Crippen molar-refractivity contribution < 1.29 is 4.74 Å². The third-order valence-corrected chi connectivity index (χ3v) is 3.99. The lowest BCUT2D eigenvalue weighted by atomic mass is 9.81. The Kier molecular flexibility index (Phi) is 5.06. The highest BCUT2D eigenvalue weighted by atomic mass is 16.5. The van der Waals surface area contributed by atoms with Crippen molar-refractivity contribution >= 4 is 0 Å². The van der Waals surface area contributed by atoms with Gasteiger partial charge in [-0.2, -0.15) is 0 Å².